The first-order chi connectivity index (χ1) is 11.6. The summed E-state index contributed by atoms with van der Waals surface area (Å²) in [5.74, 6) is 1.17. The van der Waals surface area contributed by atoms with E-state index >= 15 is 0 Å². The predicted molar refractivity (Wildman–Crippen MR) is 91.2 cm³/mol. The van der Waals surface area contributed by atoms with Crippen LogP contribution in [0.1, 0.15) is 18.2 Å². The number of rotatable bonds is 5. The van der Waals surface area contributed by atoms with Gasteiger partial charge in [0.05, 0.1) is 24.5 Å². The number of ether oxygens (including phenoxy) is 3. The van der Waals surface area contributed by atoms with Gasteiger partial charge >= 0.3 is 5.97 Å². The SMILES string of the molecule is CCOc1c(Br)cc(/C=C2\N=C(c3ccco3)OC2=O)cc1OC. The maximum Gasteiger partial charge on any atom is 0.363 e. The van der Waals surface area contributed by atoms with Crippen LogP contribution in [0.5, 0.6) is 11.5 Å². The Kier molecular flexibility index (Phi) is 4.71. The molecule has 1 aliphatic rings. The molecule has 0 fully saturated rings. The van der Waals surface area contributed by atoms with Gasteiger partial charge in [-0.25, -0.2) is 9.79 Å². The van der Waals surface area contributed by atoms with Crippen molar-refractivity contribution in [1.82, 2.24) is 0 Å². The fourth-order valence-electron chi connectivity index (χ4n) is 2.18. The number of benzene rings is 1. The lowest BCUT2D eigenvalue weighted by molar-refractivity contribution is -0.130. The van der Waals surface area contributed by atoms with E-state index in [4.69, 9.17) is 18.6 Å². The van der Waals surface area contributed by atoms with Gasteiger partial charge in [0.2, 0.25) is 0 Å². The van der Waals surface area contributed by atoms with Crippen molar-refractivity contribution >= 4 is 33.9 Å². The van der Waals surface area contributed by atoms with Crippen LogP contribution in [-0.4, -0.2) is 25.6 Å². The van der Waals surface area contributed by atoms with E-state index in [9.17, 15) is 4.79 Å². The van der Waals surface area contributed by atoms with Gasteiger partial charge in [-0.3, -0.25) is 0 Å². The Labute approximate surface area is 146 Å². The van der Waals surface area contributed by atoms with Crippen LogP contribution in [0.4, 0.5) is 0 Å². The fourth-order valence-corrected chi connectivity index (χ4v) is 2.75. The highest BCUT2D eigenvalue weighted by molar-refractivity contribution is 9.10. The smallest absolute Gasteiger partial charge is 0.363 e. The molecule has 3 rings (SSSR count). The number of nitrogens with zero attached hydrogens (tertiary/aromatic N) is 1. The molecule has 0 spiro atoms. The van der Waals surface area contributed by atoms with Crippen molar-refractivity contribution in [2.45, 2.75) is 6.92 Å². The summed E-state index contributed by atoms with van der Waals surface area (Å²) in [6.45, 7) is 2.40. The number of hydrogen-bond acceptors (Lipinski definition) is 6. The van der Waals surface area contributed by atoms with Crippen molar-refractivity contribution in [3.8, 4) is 11.5 Å². The molecule has 0 saturated carbocycles. The van der Waals surface area contributed by atoms with Crippen molar-refractivity contribution in [2.24, 2.45) is 4.99 Å². The number of carbonyl (C=O) groups excluding carboxylic acids is 1. The van der Waals surface area contributed by atoms with Crippen LogP contribution in [0.15, 0.2) is 50.1 Å². The van der Waals surface area contributed by atoms with Gasteiger partial charge in [-0.1, -0.05) is 0 Å². The van der Waals surface area contributed by atoms with Gasteiger partial charge in [-0.2, -0.15) is 0 Å². The van der Waals surface area contributed by atoms with Crippen molar-refractivity contribution in [1.29, 1.82) is 0 Å². The molecule has 1 aromatic carbocycles. The van der Waals surface area contributed by atoms with E-state index in [1.165, 1.54) is 6.26 Å². The van der Waals surface area contributed by atoms with Gasteiger partial charge in [-0.05, 0) is 58.8 Å². The molecule has 2 heterocycles. The number of furan rings is 1. The average Bonchev–Trinajstić information content (AvgIpc) is 3.20. The van der Waals surface area contributed by atoms with Gasteiger partial charge in [-0.15, -0.1) is 0 Å². The maximum absolute atomic E-state index is 12.0. The van der Waals surface area contributed by atoms with Gasteiger partial charge in [0.15, 0.2) is 23.0 Å². The molecule has 2 aromatic rings. The summed E-state index contributed by atoms with van der Waals surface area (Å²) < 4.78 is 21.9. The predicted octanol–water partition coefficient (Wildman–Crippen LogP) is 3.79. The molecule has 0 unspecified atom stereocenters. The number of aliphatic imine (C=N–C) groups is 1. The lowest BCUT2D eigenvalue weighted by Crippen LogP contribution is -2.04. The van der Waals surface area contributed by atoms with Crippen LogP contribution in [0.25, 0.3) is 6.08 Å². The van der Waals surface area contributed by atoms with Crippen LogP contribution in [0, 0.1) is 0 Å². The summed E-state index contributed by atoms with van der Waals surface area (Å²) in [6.07, 6.45) is 3.10. The third-order valence-electron chi connectivity index (χ3n) is 3.20. The highest BCUT2D eigenvalue weighted by Crippen LogP contribution is 2.37. The molecular weight excluding hydrogens is 378 g/mol. The molecule has 0 N–H and O–H groups in total. The molecule has 1 aliphatic heterocycles. The van der Waals surface area contributed by atoms with Gasteiger partial charge in [0.1, 0.15) is 0 Å². The molecule has 0 atom stereocenters. The molecular formula is C17H14BrNO5. The Morgan fingerprint density at radius 1 is 1.38 bits per heavy atom. The fraction of sp³-hybridized carbons (Fsp3) is 0.176. The lowest BCUT2D eigenvalue weighted by atomic mass is 10.1. The molecule has 24 heavy (non-hydrogen) atoms. The Hall–Kier alpha value is -2.54. The molecule has 0 bridgehead atoms. The van der Waals surface area contributed by atoms with E-state index in [1.807, 2.05) is 13.0 Å². The number of methoxy groups -OCH3 is 1. The van der Waals surface area contributed by atoms with Crippen molar-refractivity contribution in [3.05, 3.63) is 52.0 Å². The van der Waals surface area contributed by atoms with Crippen LogP contribution < -0.4 is 9.47 Å². The molecule has 0 aliphatic carbocycles. The molecule has 124 valence electrons. The normalized spacial score (nSPS) is 15.4. The number of carbonyl (C=O) groups is 1. The zero-order valence-corrected chi connectivity index (χ0v) is 14.6. The minimum absolute atomic E-state index is 0.146. The number of esters is 1. The summed E-state index contributed by atoms with van der Waals surface area (Å²) in [5, 5.41) is 0. The van der Waals surface area contributed by atoms with Crippen LogP contribution in [0.3, 0.4) is 0 Å². The van der Waals surface area contributed by atoms with Crippen molar-refractivity contribution in [2.75, 3.05) is 13.7 Å². The first-order valence-corrected chi connectivity index (χ1v) is 7.98. The van der Waals surface area contributed by atoms with E-state index in [0.717, 1.165) is 10.0 Å². The van der Waals surface area contributed by atoms with E-state index < -0.39 is 5.97 Å². The average molecular weight is 392 g/mol. The minimum Gasteiger partial charge on any atom is -0.493 e. The topological polar surface area (TPSA) is 70.3 Å². The van der Waals surface area contributed by atoms with Crippen LogP contribution >= 0.6 is 15.9 Å². The minimum atomic E-state index is -0.537. The van der Waals surface area contributed by atoms with Crippen LogP contribution in [-0.2, 0) is 9.53 Å². The summed E-state index contributed by atoms with van der Waals surface area (Å²) in [6, 6.07) is 6.94. The molecule has 0 radical (unpaired) electrons. The third kappa shape index (κ3) is 3.21. The highest BCUT2D eigenvalue weighted by Gasteiger charge is 2.26. The third-order valence-corrected chi connectivity index (χ3v) is 3.79. The Balaban J connectivity index is 1.96. The molecule has 7 heteroatoms. The van der Waals surface area contributed by atoms with E-state index in [-0.39, 0.29) is 11.6 Å². The quantitative estimate of drug-likeness (QED) is 0.572. The number of cyclic esters (lactones) is 1. The second-order valence-electron chi connectivity index (χ2n) is 4.78. The standard InChI is InChI=1S/C17H14BrNO5/c1-3-22-15-11(18)7-10(9-14(15)21-2)8-12-17(20)24-16(19-12)13-5-4-6-23-13/h4-9H,3H2,1-2H3/b12-8-. The monoisotopic (exact) mass is 391 g/mol. The molecule has 1 aromatic heterocycles. The summed E-state index contributed by atoms with van der Waals surface area (Å²) >= 11 is 3.45. The molecule has 0 saturated heterocycles. The first-order valence-electron chi connectivity index (χ1n) is 7.19. The van der Waals surface area contributed by atoms with Gasteiger partial charge in [0.25, 0.3) is 5.90 Å². The lowest BCUT2D eigenvalue weighted by Gasteiger charge is -2.12. The number of hydrogen-bond donors (Lipinski definition) is 0. The van der Waals surface area contributed by atoms with E-state index in [2.05, 4.69) is 20.9 Å². The largest absolute Gasteiger partial charge is 0.493 e. The van der Waals surface area contributed by atoms with Gasteiger partial charge in [0, 0.05) is 0 Å². The Morgan fingerprint density at radius 2 is 2.21 bits per heavy atom. The van der Waals surface area contributed by atoms with Crippen molar-refractivity contribution < 1.29 is 23.4 Å². The highest BCUT2D eigenvalue weighted by atomic mass is 79.9. The summed E-state index contributed by atoms with van der Waals surface area (Å²) in [7, 11) is 1.55. The molecule has 0 amide bonds. The second-order valence-corrected chi connectivity index (χ2v) is 5.63. The van der Waals surface area contributed by atoms with Crippen LogP contribution in [0.2, 0.25) is 0 Å². The molecule has 6 nitrogen and oxygen atoms in total. The van der Waals surface area contributed by atoms with E-state index in [0.29, 0.717) is 23.9 Å². The van der Waals surface area contributed by atoms with Crippen molar-refractivity contribution in [3.63, 3.8) is 0 Å². The Bertz CT molecular complexity index is 824. The zero-order chi connectivity index (χ0) is 17.1. The second kappa shape index (κ2) is 6.92. The number of halogens is 1. The summed E-state index contributed by atoms with van der Waals surface area (Å²) in [4.78, 5) is 16.2. The Morgan fingerprint density at radius 3 is 2.88 bits per heavy atom. The summed E-state index contributed by atoms with van der Waals surface area (Å²) in [5.41, 5.74) is 0.901. The van der Waals surface area contributed by atoms with E-state index in [1.54, 1.807) is 31.4 Å². The van der Waals surface area contributed by atoms with Gasteiger partial charge < -0.3 is 18.6 Å². The maximum atomic E-state index is 12.0. The first kappa shape index (κ1) is 16.3. The zero-order valence-electron chi connectivity index (χ0n) is 13.0.